The summed E-state index contributed by atoms with van der Waals surface area (Å²) in [4.78, 5) is 17.1. The van der Waals surface area contributed by atoms with Crippen LogP contribution in [0.4, 0.5) is 5.82 Å². The average molecular weight is 423 g/mol. The second-order valence-electron chi connectivity index (χ2n) is 7.19. The molecule has 8 nitrogen and oxygen atoms in total. The van der Waals surface area contributed by atoms with Crippen LogP contribution in [0, 0.1) is 25.2 Å². The van der Waals surface area contributed by atoms with E-state index in [1.54, 1.807) is 7.11 Å². The Morgan fingerprint density at radius 1 is 1.37 bits per heavy atom. The molecule has 0 saturated heterocycles. The first kappa shape index (κ1) is 20.0. The fourth-order valence-electron chi connectivity index (χ4n) is 3.28. The van der Waals surface area contributed by atoms with Crippen molar-refractivity contribution in [3.8, 4) is 17.5 Å². The molecule has 1 saturated carbocycles. The molecule has 9 heteroatoms. The molecule has 1 amide bonds. The van der Waals surface area contributed by atoms with Crippen LogP contribution in [-0.4, -0.2) is 38.5 Å². The van der Waals surface area contributed by atoms with E-state index in [1.807, 2.05) is 42.7 Å². The molecule has 3 aromatic rings. The summed E-state index contributed by atoms with van der Waals surface area (Å²) in [6, 6.07) is 9.70. The summed E-state index contributed by atoms with van der Waals surface area (Å²) in [6.45, 7) is 3.81. The van der Waals surface area contributed by atoms with E-state index in [9.17, 15) is 10.1 Å². The zero-order valence-corrected chi connectivity index (χ0v) is 17.8. The van der Waals surface area contributed by atoms with Gasteiger partial charge in [-0.2, -0.15) is 5.26 Å². The first-order valence-corrected chi connectivity index (χ1v) is 10.6. The third kappa shape index (κ3) is 3.91. The Balaban J connectivity index is 1.54. The molecule has 30 heavy (non-hydrogen) atoms. The monoisotopic (exact) mass is 422 g/mol. The van der Waals surface area contributed by atoms with Crippen LogP contribution in [0.1, 0.15) is 41.4 Å². The summed E-state index contributed by atoms with van der Waals surface area (Å²) in [5.74, 6) is 2.51. The van der Waals surface area contributed by atoms with Crippen LogP contribution >= 0.6 is 11.8 Å². The first-order chi connectivity index (χ1) is 14.5. The predicted molar refractivity (Wildman–Crippen MR) is 114 cm³/mol. The lowest BCUT2D eigenvalue weighted by molar-refractivity contribution is -0.113. The van der Waals surface area contributed by atoms with Crippen molar-refractivity contribution in [2.75, 3.05) is 18.2 Å². The van der Waals surface area contributed by atoms with E-state index >= 15 is 0 Å². The number of hydrogen-bond donors (Lipinski definition) is 2. The molecule has 2 heterocycles. The van der Waals surface area contributed by atoms with Crippen molar-refractivity contribution in [3.05, 3.63) is 46.9 Å². The molecule has 4 rings (SSSR count). The fraction of sp³-hybridized carbons (Fsp3) is 0.333. The standard InChI is InChI=1S/C21H22N6O2S/c1-12-13(2)27(15-6-8-16(29-3)9-7-15)20(17(12)10-22)23-18(28)11-30-21-24-19(25-26-21)14-4-5-14/h6-9,14H,4-5,11H2,1-3H3,(H,23,28)(H,24,25,26). The average Bonchev–Trinajstić information content (AvgIpc) is 3.45. The number of benzene rings is 1. The maximum atomic E-state index is 12.7. The van der Waals surface area contributed by atoms with Crippen molar-refractivity contribution < 1.29 is 9.53 Å². The van der Waals surface area contributed by atoms with Crippen molar-refractivity contribution >= 4 is 23.5 Å². The maximum Gasteiger partial charge on any atom is 0.236 e. The number of nitrogens with zero attached hydrogens (tertiary/aromatic N) is 4. The summed E-state index contributed by atoms with van der Waals surface area (Å²) in [6.07, 6.45) is 2.27. The molecule has 1 fully saturated rings. The highest BCUT2D eigenvalue weighted by Gasteiger charge is 2.27. The van der Waals surface area contributed by atoms with Gasteiger partial charge in [-0.15, -0.1) is 5.10 Å². The van der Waals surface area contributed by atoms with E-state index < -0.39 is 0 Å². The molecular formula is C21H22N6O2S. The zero-order valence-electron chi connectivity index (χ0n) is 17.0. The van der Waals surface area contributed by atoms with Gasteiger partial charge in [-0.25, -0.2) is 4.98 Å². The Bertz CT molecular complexity index is 1120. The van der Waals surface area contributed by atoms with Crippen LogP contribution < -0.4 is 10.1 Å². The quantitative estimate of drug-likeness (QED) is 0.562. The number of nitrogens with one attached hydrogen (secondary N) is 2. The molecule has 0 unspecified atom stereocenters. The molecule has 1 aliphatic rings. The number of ether oxygens (including phenoxy) is 1. The van der Waals surface area contributed by atoms with Crippen molar-refractivity contribution in [1.82, 2.24) is 19.7 Å². The summed E-state index contributed by atoms with van der Waals surface area (Å²) >= 11 is 1.27. The summed E-state index contributed by atoms with van der Waals surface area (Å²) in [5, 5.41) is 20.3. The van der Waals surface area contributed by atoms with Gasteiger partial charge in [-0.1, -0.05) is 11.8 Å². The first-order valence-electron chi connectivity index (χ1n) is 9.63. The predicted octanol–water partition coefficient (Wildman–Crippen LogP) is 3.70. The number of carbonyl (C=O) groups is 1. The topological polar surface area (TPSA) is 109 Å². The lowest BCUT2D eigenvalue weighted by Gasteiger charge is -2.13. The minimum absolute atomic E-state index is 0.152. The summed E-state index contributed by atoms with van der Waals surface area (Å²) in [5.41, 5.74) is 3.02. The van der Waals surface area contributed by atoms with Gasteiger partial charge in [0.2, 0.25) is 11.1 Å². The van der Waals surface area contributed by atoms with Gasteiger partial charge in [-0.05, 0) is 56.5 Å². The third-order valence-electron chi connectivity index (χ3n) is 5.19. The number of carbonyl (C=O) groups excluding carboxylic acids is 1. The molecule has 0 atom stereocenters. The molecule has 1 aliphatic carbocycles. The van der Waals surface area contributed by atoms with Crippen LogP contribution in [0.2, 0.25) is 0 Å². The van der Waals surface area contributed by atoms with Gasteiger partial charge in [0, 0.05) is 17.3 Å². The number of methoxy groups -OCH3 is 1. The van der Waals surface area contributed by atoms with Crippen molar-refractivity contribution in [2.24, 2.45) is 0 Å². The lowest BCUT2D eigenvalue weighted by Crippen LogP contribution is -2.17. The number of rotatable bonds is 7. The van der Waals surface area contributed by atoms with Crippen molar-refractivity contribution in [3.63, 3.8) is 0 Å². The van der Waals surface area contributed by atoms with Crippen LogP contribution in [0.25, 0.3) is 5.69 Å². The molecular weight excluding hydrogens is 400 g/mol. The smallest absolute Gasteiger partial charge is 0.236 e. The van der Waals surface area contributed by atoms with Gasteiger partial charge >= 0.3 is 0 Å². The molecule has 0 bridgehead atoms. The fourth-order valence-corrected chi connectivity index (χ4v) is 3.88. The van der Waals surface area contributed by atoms with Crippen LogP contribution in [0.3, 0.4) is 0 Å². The Morgan fingerprint density at radius 3 is 2.73 bits per heavy atom. The van der Waals surface area contributed by atoms with Crippen LogP contribution in [0.15, 0.2) is 29.4 Å². The molecule has 1 aromatic carbocycles. The maximum absolute atomic E-state index is 12.7. The van der Waals surface area contributed by atoms with E-state index in [0.29, 0.717) is 22.5 Å². The van der Waals surface area contributed by atoms with Crippen LogP contribution in [-0.2, 0) is 4.79 Å². The summed E-state index contributed by atoms with van der Waals surface area (Å²) < 4.78 is 7.11. The van der Waals surface area contributed by atoms with Gasteiger partial charge in [0.05, 0.1) is 18.4 Å². The number of aromatic nitrogens is 4. The Labute approximate surface area is 178 Å². The lowest BCUT2D eigenvalue weighted by atomic mass is 10.2. The number of nitriles is 1. The summed E-state index contributed by atoms with van der Waals surface area (Å²) in [7, 11) is 1.61. The van der Waals surface area contributed by atoms with Gasteiger partial charge < -0.3 is 10.1 Å². The Morgan fingerprint density at radius 2 is 2.10 bits per heavy atom. The van der Waals surface area contributed by atoms with Crippen molar-refractivity contribution in [2.45, 2.75) is 37.8 Å². The number of hydrogen-bond acceptors (Lipinski definition) is 6. The van der Waals surface area contributed by atoms with Gasteiger partial charge in [-0.3, -0.25) is 14.5 Å². The second kappa shape index (κ2) is 8.24. The SMILES string of the molecule is COc1ccc(-n2c(C)c(C)c(C#N)c2NC(=O)CSc2n[nH]c(C3CC3)n2)cc1. The molecule has 154 valence electrons. The number of thioether (sulfide) groups is 1. The molecule has 0 aliphatic heterocycles. The van der Waals surface area contributed by atoms with Gasteiger partial charge in [0.15, 0.2) is 0 Å². The minimum Gasteiger partial charge on any atom is -0.497 e. The minimum atomic E-state index is -0.221. The van der Waals surface area contributed by atoms with Crippen LogP contribution in [0.5, 0.6) is 5.75 Å². The Kier molecular flexibility index (Phi) is 5.50. The van der Waals surface area contributed by atoms with Crippen molar-refractivity contribution in [1.29, 1.82) is 5.26 Å². The second-order valence-corrected chi connectivity index (χ2v) is 8.14. The highest BCUT2D eigenvalue weighted by Crippen LogP contribution is 2.38. The molecule has 2 N–H and O–H groups in total. The molecule has 0 spiro atoms. The number of anilines is 1. The van der Waals surface area contributed by atoms with Gasteiger partial charge in [0.1, 0.15) is 23.5 Å². The highest BCUT2D eigenvalue weighted by molar-refractivity contribution is 7.99. The normalized spacial score (nSPS) is 13.1. The third-order valence-corrected chi connectivity index (χ3v) is 6.04. The van der Waals surface area contributed by atoms with E-state index in [-0.39, 0.29) is 11.7 Å². The highest BCUT2D eigenvalue weighted by atomic mass is 32.2. The Hall–Kier alpha value is -3.25. The number of H-pyrrole nitrogens is 1. The van der Waals surface area contributed by atoms with E-state index in [4.69, 9.17) is 4.74 Å². The van der Waals surface area contributed by atoms with E-state index in [2.05, 4.69) is 26.6 Å². The molecule has 0 radical (unpaired) electrons. The van der Waals surface area contributed by atoms with Gasteiger partial charge in [0.25, 0.3) is 0 Å². The molecule has 2 aromatic heterocycles. The number of aromatic amines is 1. The van der Waals surface area contributed by atoms with E-state index in [1.165, 1.54) is 11.8 Å². The zero-order chi connectivity index (χ0) is 21.3. The number of amides is 1. The van der Waals surface area contributed by atoms with E-state index in [0.717, 1.165) is 41.4 Å². The largest absolute Gasteiger partial charge is 0.497 e.